The lowest BCUT2D eigenvalue weighted by Crippen LogP contribution is -1.92. The molecule has 0 unspecified atom stereocenters. The summed E-state index contributed by atoms with van der Waals surface area (Å²) in [6.45, 7) is 5.68. The second-order valence-corrected chi connectivity index (χ2v) is 2.49. The molecule has 0 amide bonds. The maximum Gasteiger partial charge on any atom is 0.00864 e. The van der Waals surface area contributed by atoms with Crippen LogP contribution < -0.4 is 0 Å². The van der Waals surface area contributed by atoms with Crippen molar-refractivity contribution in [2.24, 2.45) is 0 Å². The Morgan fingerprint density at radius 1 is 1.50 bits per heavy atom. The van der Waals surface area contributed by atoms with E-state index in [1.54, 1.807) is 0 Å². The Balaban J connectivity index is 3.03. The fourth-order valence-electron chi connectivity index (χ4n) is 0.804. The van der Waals surface area contributed by atoms with Crippen LogP contribution in [0.25, 0.3) is 0 Å². The second-order valence-electron chi connectivity index (χ2n) is 2.49. The molecule has 0 radical (unpaired) electrons. The van der Waals surface area contributed by atoms with Gasteiger partial charge in [-0.3, -0.25) is 0 Å². The molecule has 0 aromatic heterocycles. The van der Waals surface area contributed by atoms with Crippen molar-refractivity contribution >= 4 is 5.71 Å². The third-order valence-electron chi connectivity index (χ3n) is 1.56. The molecule has 0 saturated heterocycles. The van der Waals surface area contributed by atoms with E-state index in [-0.39, 0.29) is 0 Å². The summed E-state index contributed by atoms with van der Waals surface area (Å²) in [6, 6.07) is 0. The zero-order chi connectivity index (χ0) is 7.82. The first-order chi connectivity index (χ1) is 4.81. The van der Waals surface area contributed by atoms with Crippen molar-refractivity contribution in [1.29, 1.82) is 5.41 Å². The molecule has 0 saturated carbocycles. The normalized spacial score (nSPS) is 9.30. The number of unbranched alkanes of at least 4 members (excludes halogenated alkanes) is 2. The number of nitrogens with one attached hydrogen (secondary N) is 1. The summed E-state index contributed by atoms with van der Waals surface area (Å²) < 4.78 is 0. The van der Waals surface area contributed by atoms with Gasteiger partial charge in [0.25, 0.3) is 0 Å². The lowest BCUT2D eigenvalue weighted by Gasteiger charge is -1.97. The van der Waals surface area contributed by atoms with Crippen molar-refractivity contribution in [3.8, 4) is 0 Å². The molecule has 1 N–H and O–H groups in total. The fourth-order valence-corrected chi connectivity index (χ4v) is 0.804. The van der Waals surface area contributed by atoms with Crippen LogP contribution in [-0.2, 0) is 0 Å². The van der Waals surface area contributed by atoms with Gasteiger partial charge in [-0.05, 0) is 32.1 Å². The van der Waals surface area contributed by atoms with Crippen LogP contribution in [0.5, 0.6) is 0 Å². The number of hydrogen-bond donors (Lipinski definition) is 1. The Hall–Kier alpha value is -0.590. The van der Waals surface area contributed by atoms with E-state index in [9.17, 15) is 0 Å². The van der Waals surface area contributed by atoms with Crippen molar-refractivity contribution in [2.75, 3.05) is 0 Å². The Bertz CT molecular complexity index is 105. The molecule has 0 spiro atoms. The zero-order valence-corrected chi connectivity index (χ0v) is 6.82. The van der Waals surface area contributed by atoms with Crippen LogP contribution in [0.1, 0.15) is 39.0 Å². The van der Waals surface area contributed by atoms with Gasteiger partial charge in [0, 0.05) is 5.71 Å². The van der Waals surface area contributed by atoms with Crippen molar-refractivity contribution in [3.05, 3.63) is 12.7 Å². The molecule has 10 heavy (non-hydrogen) atoms. The monoisotopic (exact) mass is 139 g/mol. The molecule has 0 bridgehead atoms. The van der Waals surface area contributed by atoms with Crippen molar-refractivity contribution in [2.45, 2.75) is 39.0 Å². The Labute approximate surface area is 63.7 Å². The summed E-state index contributed by atoms with van der Waals surface area (Å²) in [5.74, 6) is 0. The third kappa shape index (κ3) is 5.54. The van der Waals surface area contributed by atoms with E-state index in [0.717, 1.165) is 31.4 Å². The molecular weight excluding hydrogens is 122 g/mol. The van der Waals surface area contributed by atoms with Crippen molar-refractivity contribution in [3.63, 3.8) is 0 Å². The standard InChI is InChI=1S/C9H17N/c1-3-5-6-7-8-9(10)4-2/h3,10H,1,4-8H2,2H3. The molecule has 0 aromatic carbocycles. The van der Waals surface area contributed by atoms with E-state index >= 15 is 0 Å². The molecular formula is C9H17N. The highest BCUT2D eigenvalue weighted by atomic mass is 14.4. The summed E-state index contributed by atoms with van der Waals surface area (Å²) in [5.41, 5.74) is 0.879. The van der Waals surface area contributed by atoms with Crippen molar-refractivity contribution in [1.82, 2.24) is 0 Å². The zero-order valence-electron chi connectivity index (χ0n) is 6.82. The van der Waals surface area contributed by atoms with Crippen LogP contribution in [0, 0.1) is 5.41 Å². The Kier molecular flexibility index (Phi) is 6.14. The first-order valence-electron chi connectivity index (χ1n) is 3.98. The first-order valence-corrected chi connectivity index (χ1v) is 3.98. The average Bonchev–Trinajstić information content (AvgIpc) is 1.98. The van der Waals surface area contributed by atoms with Crippen LogP contribution in [0.4, 0.5) is 0 Å². The first kappa shape index (κ1) is 9.41. The minimum Gasteiger partial charge on any atom is -0.310 e. The van der Waals surface area contributed by atoms with Gasteiger partial charge in [0.2, 0.25) is 0 Å². The van der Waals surface area contributed by atoms with Gasteiger partial charge in [-0.15, -0.1) is 6.58 Å². The third-order valence-corrected chi connectivity index (χ3v) is 1.56. The van der Waals surface area contributed by atoms with Gasteiger partial charge >= 0.3 is 0 Å². The van der Waals surface area contributed by atoms with E-state index in [1.165, 1.54) is 6.42 Å². The molecule has 0 aromatic rings. The van der Waals surface area contributed by atoms with Crippen LogP contribution in [-0.4, -0.2) is 5.71 Å². The maximum atomic E-state index is 7.35. The Morgan fingerprint density at radius 3 is 2.70 bits per heavy atom. The minimum atomic E-state index is 0.879. The molecule has 0 aliphatic carbocycles. The number of rotatable bonds is 6. The molecule has 0 atom stereocenters. The molecule has 0 fully saturated rings. The number of allylic oxidation sites excluding steroid dienone is 1. The van der Waals surface area contributed by atoms with Gasteiger partial charge in [0.15, 0.2) is 0 Å². The minimum absolute atomic E-state index is 0.879. The van der Waals surface area contributed by atoms with E-state index in [2.05, 4.69) is 6.58 Å². The predicted octanol–water partition coefficient (Wildman–Crippen LogP) is 3.16. The molecule has 58 valence electrons. The molecule has 0 rings (SSSR count). The van der Waals surface area contributed by atoms with Gasteiger partial charge in [-0.2, -0.15) is 0 Å². The van der Waals surface area contributed by atoms with E-state index < -0.39 is 0 Å². The van der Waals surface area contributed by atoms with Crippen molar-refractivity contribution < 1.29 is 0 Å². The largest absolute Gasteiger partial charge is 0.310 e. The molecule has 0 aliphatic heterocycles. The van der Waals surface area contributed by atoms with Crippen LogP contribution in [0.15, 0.2) is 12.7 Å². The number of hydrogen-bond acceptors (Lipinski definition) is 1. The van der Waals surface area contributed by atoms with Gasteiger partial charge in [-0.25, -0.2) is 0 Å². The average molecular weight is 139 g/mol. The summed E-state index contributed by atoms with van der Waals surface area (Å²) in [4.78, 5) is 0. The van der Waals surface area contributed by atoms with E-state index in [4.69, 9.17) is 5.41 Å². The summed E-state index contributed by atoms with van der Waals surface area (Å²) in [5, 5.41) is 7.35. The van der Waals surface area contributed by atoms with E-state index in [1.807, 2.05) is 13.0 Å². The van der Waals surface area contributed by atoms with Gasteiger partial charge in [-0.1, -0.05) is 13.0 Å². The molecule has 0 aliphatic rings. The summed E-state index contributed by atoms with van der Waals surface area (Å²) in [7, 11) is 0. The summed E-state index contributed by atoms with van der Waals surface area (Å²) >= 11 is 0. The lowest BCUT2D eigenvalue weighted by atomic mass is 10.1. The highest BCUT2D eigenvalue weighted by Crippen LogP contribution is 2.02. The van der Waals surface area contributed by atoms with E-state index in [0.29, 0.717) is 0 Å². The van der Waals surface area contributed by atoms with Crippen LogP contribution >= 0.6 is 0 Å². The quantitative estimate of drug-likeness (QED) is 0.332. The molecule has 1 heteroatoms. The molecule has 0 heterocycles. The van der Waals surface area contributed by atoms with Gasteiger partial charge < -0.3 is 5.41 Å². The predicted molar refractivity (Wildman–Crippen MR) is 46.7 cm³/mol. The van der Waals surface area contributed by atoms with Crippen LogP contribution in [0.2, 0.25) is 0 Å². The second kappa shape index (κ2) is 6.53. The Morgan fingerprint density at radius 2 is 2.20 bits per heavy atom. The highest BCUT2D eigenvalue weighted by molar-refractivity contribution is 5.80. The SMILES string of the molecule is C=CCCCCC(=N)CC. The molecule has 1 nitrogen and oxygen atoms in total. The fraction of sp³-hybridized carbons (Fsp3) is 0.667. The maximum absolute atomic E-state index is 7.35. The summed E-state index contributed by atoms with van der Waals surface area (Å²) in [6.07, 6.45) is 7.26. The highest BCUT2D eigenvalue weighted by Gasteiger charge is 1.91. The smallest absolute Gasteiger partial charge is 0.00864 e. The topological polar surface area (TPSA) is 23.9 Å². The van der Waals surface area contributed by atoms with Gasteiger partial charge in [0.1, 0.15) is 0 Å². The van der Waals surface area contributed by atoms with Gasteiger partial charge in [0.05, 0.1) is 0 Å². The van der Waals surface area contributed by atoms with Crippen LogP contribution in [0.3, 0.4) is 0 Å². The lowest BCUT2D eigenvalue weighted by molar-refractivity contribution is 0.770.